The van der Waals surface area contributed by atoms with Gasteiger partial charge in [0.05, 0.1) is 19.0 Å². The first-order valence-corrected chi connectivity index (χ1v) is 9.56. The molecular weight excluding hydrogens is 364 g/mol. The van der Waals surface area contributed by atoms with Crippen molar-refractivity contribution in [3.05, 3.63) is 48.3 Å². The first kappa shape index (κ1) is 17.5. The molecule has 0 aliphatic carbocycles. The Morgan fingerprint density at radius 1 is 1.11 bits per heavy atom. The monoisotopic (exact) mass is 382 g/mol. The Hall–Kier alpha value is -2.87. The van der Waals surface area contributed by atoms with Gasteiger partial charge < -0.3 is 14.0 Å². The third-order valence-electron chi connectivity index (χ3n) is 4.18. The smallest absolute Gasteiger partial charge is 0.191 e. The van der Waals surface area contributed by atoms with Crippen molar-refractivity contribution in [2.45, 2.75) is 11.6 Å². The summed E-state index contributed by atoms with van der Waals surface area (Å²) >= 11 is 1.36. The van der Waals surface area contributed by atoms with Crippen molar-refractivity contribution in [1.29, 1.82) is 0 Å². The van der Waals surface area contributed by atoms with Crippen LogP contribution in [-0.4, -0.2) is 44.5 Å². The molecule has 1 aromatic carbocycles. The van der Waals surface area contributed by atoms with Gasteiger partial charge in [0.2, 0.25) is 0 Å². The van der Waals surface area contributed by atoms with Crippen LogP contribution in [0, 0.1) is 0 Å². The van der Waals surface area contributed by atoms with Crippen molar-refractivity contribution < 1.29 is 14.3 Å². The van der Waals surface area contributed by atoms with Gasteiger partial charge >= 0.3 is 0 Å². The minimum atomic E-state index is 0.00380. The Kier molecular flexibility index (Phi) is 5.06. The SMILES string of the molecule is Cn1c(SCC(=O)c2ccc3c(c2)OCCCO3)nnc1-c1ccncc1. The second kappa shape index (κ2) is 7.79. The lowest BCUT2D eigenvalue weighted by Gasteiger charge is -2.09. The number of carbonyl (C=O) groups is 1. The summed E-state index contributed by atoms with van der Waals surface area (Å²) in [5.41, 5.74) is 1.53. The predicted molar refractivity (Wildman–Crippen MR) is 101 cm³/mol. The van der Waals surface area contributed by atoms with Crippen molar-refractivity contribution in [3.63, 3.8) is 0 Å². The van der Waals surface area contributed by atoms with Crippen LogP contribution in [0.3, 0.4) is 0 Å². The van der Waals surface area contributed by atoms with Crippen molar-refractivity contribution in [3.8, 4) is 22.9 Å². The third kappa shape index (κ3) is 3.80. The Labute approximate surface area is 160 Å². The molecule has 0 fully saturated rings. The lowest BCUT2D eigenvalue weighted by molar-refractivity contribution is 0.102. The lowest BCUT2D eigenvalue weighted by atomic mass is 10.1. The molecule has 0 saturated carbocycles. The third-order valence-corrected chi connectivity index (χ3v) is 5.20. The predicted octanol–water partition coefficient (Wildman–Crippen LogP) is 3.01. The minimum Gasteiger partial charge on any atom is -0.490 e. The van der Waals surface area contributed by atoms with E-state index in [4.69, 9.17) is 9.47 Å². The van der Waals surface area contributed by atoms with Crippen LogP contribution in [0.25, 0.3) is 11.4 Å². The summed E-state index contributed by atoms with van der Waals surface area (Å²) in [6, 6.07) is 9.07. The fourth-order valence-electron chi connectivity index (χ4n) is 2.74. The maximum absolute atomic E-state index is 12.6. The molecule has 1 aliphatic heterocycles. The Balaban J connectivity index is 1.46. The molecule has 2 aromatic heterocycles. The van der Waals surface area contributed by atoms with Gasteiger partial charge in [0.25, 0.3) is 0 Å². The van der Waals surface area contributed by atoms with Crippen LogP contribution in [0.1, 0.15) is 16.8 Å². The first-order valence-electron chi connectivity index (χ1n) is 8.58. The summed E-state index contributed by atoms with van der Waals surface area (Å²) in [6.07, 6.45) is 4.26. The number of fused-ring (bicyclic) bond motifs is 1. The Morgan fingerprint density at radius 3 is 2.70 bits per heavy atom. The largest absolute Gasteiger partial charge is 0.490 e. The van der Waals surface area contributed by atoms with Crippen LogP contribution < -0.4 is 9.47 Å². The number of rotatable bonds is 5. The first-order chi connectivity index (χ1) is 13.2. The molecule has 0 atom stereocenters. The minimum absolute atomic E-state index is 0.00380. The normalized spacial score (nSPS) is 13.2. The zero-order valence-corrected chi connectivity index (χ0v) is 15.6. The number of carbonyl (C=O) groups excluding carboxylic acids is 1. The summed E-state index contributed by atoms with van der Waals surface area (Å²) in [5, 5.41) is 9.10. The molecular formula is C19H18N4O3S. The van der Waals surface area contributed by atoms with E-state index < -0.39 is 0 Å². The number of Topliss-reactive ketones (excluding diaryl/α,β-unsaturated/α-hetero) is 1. The van der Waals surface area contributed by atoms with Crippen molar-refractivity contribution in [1.82, 2.24) is 19.7 Å². The van der Waals surface area contributed by atoms with Gasteiger partial charge in [-0.3, -0.25) is 9.78 Å². The van der Waals surface area contributed by atoms with Crippen LogP contribution in [0.4, 0.5) is 0 Å². The summed E-state index contributed by atoms with van der Waals surface area (Å²) in [6.45, 7) is 1.22. The van der Waals surface area contributed by atoms with Gasteiger partial charge in [-0.2, -0.15) is 0 Å². The number of aromatic nitrogens is 4. The van der Waals surface area contributed by atoms with E-state index in [2.05, 4.69) is 15.2 Å². The van der Waals surface area contributed by atoms with Gasteiger partial charge in [-0.25, -0.2) is 0 Å². The highest BCUT2D eigenvalue weighted by molar-refractivity contribution is 7.99. The number of thioether (sulfide) groups is 1. The maximum Gasteiger partial charge on any atom is 0.191 e. The summed E-state index contributed by atoms with van der Waals surface area (Å²) < 4.78 is 13.1. The van der Waals surface area contributed by atoms with E-state index >= 15 is 0 Å². The van der Waals surface area contributed by atoms with Crippen molar-refractivity contribution in [2.24, 2.45) is 7.05 Å². The second-order valence-electron chi connectivity index (χ2n) is 6.02. The highest BCUT2D eigenvalue weighted by atomic mass is 32.2. The van der Waals surface area contributed by atoms with Crippen molar-refractivity contribution >= 4 is 17.5 Å². The second-order valence-corrected chi connectivity index (χ2v) is 6.97. The quantitative estimate of drug-likeness (QED) is 0.496. The van der Waals surface area contributed by atoms with E-state index in [0.717, 1.165) is 17.8 Å². The summed E-state index contributed by atoms with van der Waals surface area (Å²) in [4.78, 5) is 16.6. The molecule has 3 aromatic rings. The molecule has 7 nitrogen and oxygen atoms in total. The molecule has 0 saturated heterocycles. The fraction of sp³-hybridized carbons (Fsp3) is 0.263. The molecule has 0 N–H and O–H groups in total. The number of nitrogens with zero attached hydrogens (tertiary/aromatic N) is 4. The van der Waals surface area contributed by atoms with E-state index in [1.807, 2.05) is 23.7 Å². The molecule has 0 amide bonds. The topological polar surface area (TPSA) is 79.1 Å². The average molecular weight is 382 g/mol. The molecule has 8 heteroatoms. The van der Waals surface area contributed by atoms with Gasteiger partial charge in [0.1, 0.15) is 0 Å². The number of hydrogen-bond acceptors (Lipinski definition) is 7. The molecule has 0 bridgehead atoms. The van der Waals surface area contributed by atoms with E-state index in [-0.39, 0.29) is 11.5 Å². The van der Waals surface area contributed by atoms with Gasteiger partial charge in [-0.1, -0.05) is 11.8 Å². The zero-order valence-electron chi connectivity index (χ0n) is 14.8. The molecule has 0 radical (unpaired) electrons. The number of pyridine rings is 1. The average Bonchev–Trinajstić information content (AvgIpc) is 2.91. The van der Waals surface area contributed by atoms with Crippen LogP contribution in [0.15, 0.2) is 47.9 Å². The van der Waals surface area contributed by atoms with Crippen molar-refractivity contribution in [2.75, 3.05) is 19.0 Å². The Bertz CT molecular complexity index is 959. The van der Waals surface area contributed by atoms with Crippen LogP contribution in [0.2, 0.25) is 0 Å². The van der Waals surface area contributed by atoms with Gasteiger partial charge in [0.15, 0.2) is 28.3 Å². The molecule has 3 heterocycles. The lowest BCUT2D eigenvalue weighted by Crippen LogP contribution is -2.05. The highest BCUT2D eigenvalue weighted by Gasteiger charge is 2.16. The van der Waals surface area contributed by atoms with Gasteiger partial charge in [0, 0.05) is 37.0 Å². The standard InChI is InChI=1S/C19H18N4O3S/c1-23-18(13-5-7-20-8-6-13)21-22-19(23)27-12-15(24)14-3-4-16-17(11-14)26-10-2-9-25-16/h3-8,11H,2,9-10,12H2,1H3. The molecule has 4 rings (SSSR count). The summed E-state index contributed by atoms with van der Waals surface area (Å²) in [7, 11) is 1.89. The molecule has 0 unspecified atom stereocenters. The Morgan fingerprint density at radius 2 is 1.89 bits per heavy atom. The van der Waals surface area contributed by atoms with Gasteiger partial charge in [-0.15, -0.1) is 10.2 Å². The molecule has 1 aliphatic rings. The molecule has 0 spiro atoms. The number of benzene rings is 1. The van der Waals surface area contributed by atoms with Crippen LogP contribution >= 0.6 is 11.8 Å². The maximum atomic E-state index is 12.6. The highest BCUT2D eigenvalue weighted by Crippen LogP contribution is 2.31. The van der Waals surface area contributed by atoms with E-state index in [1.165, 1.54) is 11.8 Å². The van der Waals surface area contributed by atoms with Gasteiger partial charge in [-0.05, 0) is 30.3 Å². The zero-order chi connectivity index (χ0) is 18.6. The fourth-order valence-corrected chi connectivity index (χ4v) is 3.55. The number of ketones is 1. The van der Waals surface area contributed by atoms with E-state index in [0.29, 0.717) is 35.4 Å². The number of ether oxygens (including phenoxy) is 2. The summed E-state index contributed by atoms with van der Waals surface area (Å²) in [5.74, 6) is 2.32. The van der Waals surface area contributed by atoms with Crippen LogP contribution in [-0.2, 0) is 7.05 Å². The van der Waals surface area contributed by atoms with Crippen LogP contribution in [0.5, 0.6) is 11.5 Å². The molecule has 27 heavy (non-hydrogen) atoms. The van der Waals surface area contributed by atoms with E-state index in [1.54, 1.807) is 30.6 Å². The van der Waals surface area contributed by atoms with E-state index in [9.17, 15) is 4.79 Å². The number of hydrogen-bond donors (Lipinski definition) is 0. The molecule has 138 valence electrons.